The fraction of sp³-hybridized carbons (Fsp3) is 0.636. The Morgan fingerprint density at radius 2 is 1.54 bits per heavy atom. The van der Waals surface area contributed by atoms with E-state index in [0.717, 1.165) is 20.9 Å². The summed E-state index contributed by atoms with van der Waals surface area (Å²) in [6.45, 7) is 9.60. The Morgan fingerprint density at radius 1 is 1.00 bits per heavy atom. The quantitative estimate of drug-likeness (QED) is 0.402. The van der Waals surface area contributed by atoms with E-state index in [9.17, 15) is 9.59 Å². The second-order valence-corrected chi connectivity index (χ2v) is 10.5. The average Bonchev–Trinajstić information content (AvgIpc) is 2.61. The summed E-state index contributed by atoms with van der Waals surface area (Å²) in [5.74, 6) is -0.480. The van der Waals surface area contributed by atoms with Crippen LogP contribution in [-0.4, -0.2) is 18.0 Å². The van der Waals surface area contributed by atoms with Crippen molar-refractivity contribution in [1.29, 1.82) is 0 Å². The zero-order valence-electron chi connectivity index (χ0n) is 17.3. The number of benzene rings is 1. The molecule has 0 aromatic heterocycles. The molecule has 1 aliphatic carbocycles. The first-order valence-corrected chi connectivity index (χ1v) is 11.4. The van der Waals surface area contributed by atoms with Gasteiger partial charge in [0.1, 0.15) is 11.7 Å². The highest BCUT2D eigenvalue weighted by molar-refractivity contribution is 9.11. The normalized spacial score (nSPS) is 20.5. The summed E-state index contributed by atoms with van der Waals surface area (Å²) in [6, 6.07) is 5.87. The maximum absolute atomic E-state index is 12.7. The molecule has 0 amide bonds. The Balaban J connectivity index is 1.92. The van der Waals surface area contributed by atoms with Gasteiger partial charge in [-0.25, -0.2) is 0 Å². The average molecular weight is 518 g/mol. The predicted octanol–water partition coefficient (Wildman–Crippen LogP) is 6.53. The Morgan fingerprint density at radius 3 is 2.04 bits per heavy atom. The first-order valence-electron chi connectivity index (χ1n) is 9.85. The van der Waals surface area contributed by atoms with Gasteiger partial charge in [-0.2, -0.15) is 0 Å². The van der Waals surface area contributed by atoms with Gasteiger partial charge in [-0.1, -0.05) is 38.8 Å². The van der Waals surface area contributed by atoms with Crippen molar-refractivity contribution in [2.45, 2.75) is 78.4 Å². The van der Waals surface area contributed by atoms with Crippen molar-refractivity contribution in [1.82, 2.24) is 0 Å². The van der Waals surface area contributed by atoms with Crippen molar-refractivity contribution in [3.8, 4) is 0 Å². The van der Waals surface area contributed by atoms with Gasteiger partial charge in [-0.05, 0) is 83.6 Å². The molecule has 1 aromatic rings. The number of carbonyl (C=O) groups is 2. The lowest BCUT2D eigenvalue weighted by atomic mass is 9.86. The molecule has 4 nitrogen and oxygen atoms in total. The van der Waals surface area contributed by atoms with Crippen LogP contribution in [0.1, 0.15) is 72.3 Å². The Bertz CT molecular complexity index is 699. The number of ether oxygens (including phenoxy) is 2. The van der Waals surface area contributed by atoms with Crippen LogP contribution in [0.15, 0.2) is 27.1 Å². The molecule has 0 radical (unpaired) electrons. The van der Waals surface area contributed by atoms with Gasteiger partial charge in [0.15, 0.2) is 0 Å². The zero-order chi connectivity index (χ0) is 21.1. The summed E-state index contributed by atoms with van der Waals surface area (Å²) in [6.07, 6.45) is 3.41. The standard InChI is InChI=1S/C22H30Br2O4/c1-6-21(2,3)20(26)27-18-9-7-14(8-10-18)19(25)28-22(4,5)15-11-16(23)13-17(24)12-15/h11-14,18H,6-10H2,1-5H3. The smallest absolute Gasteiger partial charge is 0.311 e. The van der Waals surface area contributed by atoms with Crippen molar-refractivity contribution in [2.24, 2.45) is 11.3 Å². The highest BCUT2D eigenvalue weighted by atomic mass is 79.9. The third-order valence-electron chi connectivity index (χ3n) is 5.63. The molecule has 0 heterocycles. The van der Waals surface area contributed by atoms with Gasteiger partial charge < -0.3 is 9.47 Å². The molecule has 1 fully saturated rings. The molecule has 1 aliphatic rings. The molecule has 6 heteroatoms. The molecule has 0 spiro atoms. The molecule has 0 N–H and O–H groups in total. The van der Waals surface area contributed by atoms with Crippen LogP contribution in [0.5, 0.6) is 0 Å². The molecule has 156 valence electrons. The second-order valence-electron chi connectivity index (χ2n) is 8.71. The molecular formula is C22H30Br2O4. The number of rotatable bonds is 6. The number of hydrogen-bond donors (Lipinski definition) is 0. The van der Waals surface area contributed by atoms with Crippen molar-refractivity contribution < 1.29 is 19.1 Å². The topological polar surface area (TPSA) is 52.6 Å². The molecule has 0 aliphatic heterocycles. The number of esters is 2. The molecule has 1 aromatic carbocycles. The Kier molecular flexibility index (Phi) is 7.76. The minimum absolute atomic E-state index is 0.101. The molecule has 0 unspecified atom stereocenters. The molecule has 2 rings (SSSR count). The zero-order valence-corrected chi connectivity index (χ0v) is 20.5. The van der Waals surface area contributed by atoms with Crippen LogP contribution < -0.4 is 0 Å². The molecule has 1 saturated carbocycles. The van der Waals surface area contributed by atoms with Crippen LogP contribution >= 0.6 is 31.9 Å². The van der Waals surface area contributed by atoms with Crippen molar-refractivity contribution in [3.05, 3.63) is 32.7 Å². The number of hydrogen-bond acceptors (Lipinski definition) is 4. The van der Waals surface area contributed by atoms with E-state index in [1.165, 1.54) is 0 Å². The summed E-state index contributed by atoms with van der Waals surface area (Å²) in [4.78, 5) is 25.0. The lowest BCUT2D eigenvalue weighted by Gasteiger charge is -2.32. The summed E-state index contributed by atoms with van der Waals surface area (Å²) in [5.41, 5.74) is -0.262. The third-order valence-corrected chi connectivity index (χ3v) is 6.55. The summed E-state index contributed by atoms with van der Waals surface area (Å²) >= 11 is 6.96. The van der Waals surface area contributed by atoms with Gasteiger partial charge in [-0.15, -0.1) is 0 Å². The first-order chi connectivity index (χ1) is 12.9. The second kappa shape index (κ2) is 9.29. The van der Waals surface area contributed by atoms with Gasteiger partial charge in [0.25, 0.3) is 0 Å². The largest absolute Gasteiger partial charge is 0.462 e. The van der Waals surface area contributed by atoms with E-state index in [2.05, 4.69) is 31.9 Å². The van der Waals surface area contributed by atoms with Gasteiger partial charge in [0, 0.05) is 8.95 Å². The Hall–Kier alpha value is -0.880. The SMILES string of the molecule is CCC(C)(C)C(=O)OC1CCC(C(=O)OC(C)(C)c2cc(Br)cc(Br)c2)CC1. The van der Waals surface area contributed by atoms with Crippen LogP contribution in [0.3, 0.4) is 0 Å². The molecule has 28 heavy (non-hydrogen) atoms. The van der Waals surface area contributed by atoms with Gasteiger partial charge >= 0.3 is 11.9 Å². The fourth-order valence-electron chi connectivity index (χ4n) is 3.17. The van der Waals surface area contributed by atoms with Crippen LogP contribution in [0.4, 0.5) is 0 Å². The summed E-state index contributed by atoms with van der Waals surface area (Å²) < 4.78 is 13.4. The highest BCUT2D eigenvalue weighted by Crippen LogP contribution is 2.34. The van der Waals surface area contributed by atoms with E-state index in [4.69, 9.17) is 9.47 Å². The van der Waals surface area contributed by atoms with E-state index < -0.39 is 11.0 Å². The molecular weight excluding hydrogens is 488 g/mol. The van der Waals surface area contributed by atoms with Gasteiger partial charge in [0.05, 0.1) is 11.3 Å². The molecule has 0 atom stereocenters. The van der Waals surface area contributed by atoms with E-state index in [1.807, 2.05) is 52.8 Å². The van der Waals surface area contributed by atoms with Gasteiger partial charge in [-0.3, -0.25) is 9.59 Å². The fourth-order valence-corrected chi connectivity index (χ4v) is 4.46. The van der Waals surface area contributed by atoms with E-state index in [0.29, 0.717) is 25.7 Å². The molecule has 0 bridgehead atoms. The van der Waals surface area contributed by atoms with Crippen LogP contribution in [0.25, 0.3) is 0 Å². The molecule has 0 saturated heterocycles. The number of carbonyl (C=O) groups excluding carboxylic acids is 2. The Labute approximate surface area is 185 Å². The number of halogens is 2. The predicted molar refractivity (Wildman–Crippen MR) is 117 cm³/mol. The van der Waals surface area contributed by atoms with E-state index in [-0.39, 0.29) is 24.0 Å². The van der Waals surface area contributed by atoms with Crippen LogP contribution in [-0.2, 0) is 24.7 Å². The monoisotopic (exact) mass is 516 g/mol. The van der Waals surface area contributed by atoms with Gasteiger partial charge in [0.2, 0.25) is 0 Å². The maximum Gasteiger partial charge on any atom is 0.311 e. The summed E-state index contributed by atoms with van der Waals surface area (Å²) in [5, 5.41) is 0. The lowest BCUT2D eigenvalue weighted by molar-refractivity contribution is -0.167. The van der Waals surface area contributed by atoms with E-state index in [1.54, 1.807) is 0 Å². The summed E-state index contributed by atoms with van der Waals surface area (Å²) in [7, 11) is 0. The minimum Gasteiger partial charge on any atom is -0.462 e. The van der Waals surface area contributed by atoms with Crippen LogP contribution in [0, 0.1) is 11.3 Å². The van der Waals surface area contributed by atoms with Crippen molar-refractivity contribution in [2.75, 3.05) is 0 Å². The minimum atomic E-state index is -0.724. The van der Waals surface area contributed by atoms with Crippen molar-refractivity contribution in [3.63, 3.8) is 0 Å². The third kappa shape index (κ3) is 6.06. The first kappa shape index (κ1) is 23.4. The highest BCUT2D eigenvalue weighted by Gasteiger charge is 2.35. The van der Waals surface area contributed by atoms with Crippen LogP contribution in [0.2, 0.25) is 0 Å². The van der Waals surface area contributed by atoms with E-state index >= 15 is 0 Å². The lowest BCUT2D eigenvalue weighted by Crippen LogP contribution is -2.35. The van der Waals surface area contributed by atoms with Crippen molar-refractivity contribution >= 4 is 43.8 Å². The maximum atomic E-state index is 12.7.